The number of primary amides is 1. The first-order chi connectivity index (χ1) is 64.0. The van der Waals surface area contributed by atoms with Crippen LogP contribution < -0.4 is 158 Å². The summed E-state index contributed by atoms with van der Waals surface area (Å²) < 4.78 is 0. The van der Waals surface area contributed by atoms with Gasteiger partial charge >= 0.3 is 0 Å². The van der Waals surface area contributed by atoms with E-state index in [2.05, 4.69) is 106 Å². The molecule has 0 aliphatic heterocycles. The molecule has 0 saturated carbocycles. The van der Waals surface area contributed by atoms with Gasteiger partial charge in [0.15, 0.2) is 0 Å². The van der Waals surface area contributed by atoms with Crippen LogP contribution in [0, 0.1) is 5.92 Å². The fourth-order valence-corrected chi connectivity index (χ4v) is 13.0. The molecule has 0 fully saturated rings. The SMILES string of the molecule is CC(C)C[C@H](NC(=O)[C@H](C)NC(=O)[C@H](C)NC(=O)[C@H](CCCCN)NC(=O)[C@H](C)NC(=O)[C@H](C)NC(=O)[C@H](CCCCN)NC(=O)[C@H](CCCCN)NC(=O)CNC(=O)[C@H](C)NC(=O)[C@H](CCCCN)NC(=O)[C@H](C)NC(=O)[C@H](C)NC(=O)[C@H](CCCCN)NC(=O)[C@H](CCCCN)NC(=O)[C@H](C)NC(=O)[C@H](C)NC(=O)[C@H](CCCCN)NC(=O)[C@H](C)NC(=O)[C@H](C)NC(=O)[C@H](C)N)C(N)=O. The molecule has 0 aromatic heterocycles. The highest BCUT2D eigenvalue weighted by molar-refractivity contribution is 6.02. The molecule has 136 heavy (non-hydrogen) atoms. The lowest BCUT2D eigenvalue weighted by atomic mass is 10.0. The van der Waals surface area contributed by atoms with Crippen LogP contribution in [0.3, 0.4) is 0 Å². The van der Waals surface area contributed by atoms with Crippen LogP contribution in [0.15, 0.2) is 0 Å². The maximum Gasteiger partial charge on any atom is 0.243 e. The normalized spacial score (nSPS) is 15.6. The smallest absolute Gasteiger partial charge is 0.243 e. The summed E-state index contributed by atoms with van der Waals surface area (Å²) in [5, 5.41) is 50.5. The zero-order chi connectivity index (χ0) is 104. The molecular formula is C86H161N29O21. The molecule has 0 aliphatic carbocycles. The quantitative estimate of drug-likeness (QED) is 0.0251. The van der Waals surface area contributed by atoms with Gasteiger partial charge in [0.1, 0.15) is 115 Å². The molecule has 50 heteroatoms. The van der Waals surface area contributed by atoms with Crippen molar-refractivity contribution in [1.82, 2.24) is 106 Å². The van der Waals surface area contributed by atoms with Gasteiger partial charge < -0.3 is 158 Å². The Morgan fingerprint density at radius 2 is 0.346 bits per heavy atom. The standard InChI is InChI=1S/C86H161N29O21/c1-45(2)43-65(67(95)117)115-79(129)57(14)102-74(124)50(7)105-82(132)61(32-18-25-39-90)111-77(127)55(12)100-72(122)51(8)106-83(133)62(33-19-26-40-91)113-85(135)58(29-15-22-36-87)108-66(116)44-96-69(119)47(4)103-80(130)59(30-16-23-37-88)109-76(126)54(11)99-73(123)52(9)107-84(134)63(34-20-27-41-92)114-86(136)64(35-21-28-42-93)112-78(128)56(13)101-71(121)49(6)104-81(131)60(31-17-24-38-89)110-75(125)53(10)98-70(120)48(5)97-68(118)46(3)94/h45-65H,15-44,87-94H2,1-14H3,(H2,95,117)(H,96,119)(H,97,118)(H,98,120)(H,99,123)(H,100,122)(H,101,121)(H,102,124)(H,103,130)(H,104,131)(H,105,132)(H,106,133)(H,107,134)(H,108,116)(H,109,126)(H,110,125)(H,111,127)(H,112,128)(H,113,135)(H,114,136)(H,115,129)/t46-,47-,48-,49-,50-,51-,52-,53-,54-,55-,56-,57-,58-,59-,60-,61-,62-,63-,64-,65-/m0/s1. The summed E-state index contributed by atoms with van der Waals surface area (Å²) in [5.74, 6) is -17.0. The third-order valence-electron chi connectivity index (χ3n) is 21.6. The second kappa shape index (κ2) is 68.5. The topological polar surface area (TPSA) is 833 Å². The minimum atomic E-state index is -1.38. The number of rotatable bonds is 71. The molecule has 38 N–H and O–H groups in total. The second-order valence-electron chi connectivity index (χ2n) is 34.6. The van der Waals surface area contributed by atoms with Gasteiger partial charge in [-0.25, -0.2) is 0 Å². The Bertz CT molecular complexity index is 3870. The summed E-state index contributed by atoms with van der Waals surface area (Å²) in [6, 6.07) is -25.1. The van der Waals surface area contributed by atoms with Gasteiger partial charge in [0, 0.05) is 0 Å². The van der Waals surface area contributed by atoms with Crippen molar-refractivity contribution in [3.05, 3.63) is 0 Å². The molecule has 776 valence electrons. The third kappa shape index (κ3) is 50.9. The fraction of sp³-hybridized carbons (Fsp3) is 0.756. The van der Waals surface area contributed by atoms with Gasteiger partial charge in [-0.3, -0.25) is 101 Å². The summed E-state index contributed by atoms with van der Waals surface area (Å²) in [4.78, 5) is 283. The van der Waals surface area contributed by atoms with Gasteiger partial charge in [0.05, 0.1) is 12.6 Å². The summed E-state index contributed by atoms with van der Waals surface area (Å²) >= 11 is 0. The van der Waals surface area contributed by atoms with Crippen molar-refractivity contribution < 1.29 is 101 Å². The van der Waals surface area contributed by atoms with E-state index in [1.165, 1.54) is 83.1 Å². The highest BCUT2D eigenvalue weighted by Gasteiger charge is 2.37. The zero-order valence-electron chi connectivity index (χ0n) is 81.6. The zero-order valence-corrected chi connectivity index (χ0v) is 81.6. The Hall–Kier alpha value is -11.4. The van der Waals surface area contributed by atoms with E-state index in [1.807, 2.05) is 13.8 Å². The number of hydrogen-bond acceptors (Lipinski definition) is 29. The average molecular weight is 1940 g/mol. The van der Waals surface area contributed by atoms with Crippen LogP contribution in [0.5, 0.6) is 0 Å². The molecule has 0 heterocycles. The molecule has 21 amide bonds. The summed E-state index contributed by atoms with van der Waals surface area (Å²) in [5.41, 5.74) is 51.3. The van der Waals surface area contributed by atoms with Gasteiger partial charge in [-0.1, -0.05) is 13.8 Å². The van der Waals surface area contributed by atoms with Crippen molar-refractivity contribution in [3.8, 4) is 0 Å². The molecule has 0 saturated heterocycles. The van der Waals surface area contributed by atoms with Gasteiger partial charge in [-0.15, -0.1) is 0 Å². The van der Waals surface area contributed by atoms with Crippen molar-refractivity contribution in [1.29, 1.82) is 0 Å². The van der Waals surface area contributed by atoms with Crippen LogP contribution >= 0.6 is 0 Å². The third-order valence-corrected chi connectivity index (χ3v) is 21.6. The Kier molecular flexibility index (Phi) is 62.8. The van der Waals surface area contributed by atoms with Crippen LogP contribution in [0.25, 0.3) is 0 Å². The lowest BCUT2D eigenvalue weighted by molar-refractivity contribution is -0.136. The highest BCUT2D eigenvalue weighted by Crippen LogP contribution is 2.13. The van der Waals surface area contributed by atoms with Crippen molar-refractivity contribution in [3.63, 3.8) is 0 Å². The molecule has 0 spiro atoms. The first-order valence-electron chi connectivity index (χ1n) is 47.0. The molecule has 0 aliphatic rings. The van der Waals surface area contributed by atoms with Crippen LogP contribution in [0.1, 0.15) is 238 Å². The van der Waals surface area contributed by atoms with Crippen LogP contribution in [-0.4, -0.2) is 297 Å². The van der Waals surface area contributed by atoms with Gasteiger partial charge in [0.2, 0.25) is 124 Å². The number of amides is 21. The monoisotopic (exact) mass is 1940 g/mol. The van der Waals surface area contributed by atoms with E-state index in [1.54, 1.807) is 0 Å². The minimum Gasteiger partial charge on any atom is -0.368 e. The molecule has 20 atom stereocenters. The predicted octanol–water partition coefficient (Wildman–Crippen LogP) is -9.69. The van der Waals surface area contributed by atoms with E-state index in [9.17, 15) is 101 Å². The Labute approximate surface area is 796 Å². The molecular weight excluding hydrogens is 1780 g/mol. The Balaban J connectivity index is 6.25. The van der Waals surface area contributed by atoms with E-state index in [4.69, 9.17) is 51.6 Å². The number of nitrogens with two attached hydrogens (primary N) is 9. The number of unbranched alkanes of at least 4 members (excludes halogenated alkanes) is 7. The van der Waals surface area contributed by atoms with E-state index in [0.717, 1.165) is 0 Å². The highest BCUT2D eigenvalue weighted by atomic mass is 16.2. The summed E-state index contributed by atoms with van der Waals surface area (Å²) in [6.45, 7) is 20.5. The maximum absolute atomic E-state index is 14.2. The fourth-order valence-electron chi connectivity index (χ4n) is 13.0. The van der Waals surface area contributed by atoms with Crippen LogP contribution in [-0.2, 0) is 101 Å². The van der Waals surface area contributed by atoms with E-state index in [0.29, 0.717) is 89.9 Å². The van der Waals surface area contributed by atoms with Gasteiger partial charge in [0.25, 0.3) is 0 Å². The molecule has 0 radical (unpaired) electrons. The largest absolute Gasteiger partial charge is 0.368 e. The van der Waals surface area contributed by atoms with Gasteiger partial charge in [-0.2, -0.15) is 0 Å². The second-order valence-corrected chi connectivity index (χ2v) is 34.6. The molecule has 0 aromatic carbocycles. The first-order valence-corrected chi connectivity index (χ1v) is 47.0. The molecule has 0 unspecified atom stereocenters. The lowest BCUT2D eigenvalue weighted by Crippen LogP contribution is -2.59. The number of hydrogen-bond donors (Lipinski definition) is 29. The Morgan fingerprint density at radius 1 is 0.191 bits per heavy atom. The number of nitrogens with one attached hydrogen (secondary N) is 20. The Morgan fingerprint density at radius 3 is 0.529 bits per heavy atom. The van der Waals surface area contributed by atoms with Crippen molar-refractivity contribution in [2.75, 3.05) is 52.4 Å². The predicted molar refractivity (Wildman–Crippen MR) is 505 cm³/mol. The molecule has 0 rings (SSSR count). The van der Waals surface area contributed by atoms with E-state index in [-0.39, 0.29) is 103 Å². The lowest BCUT2D eigenvalue weighted by Gasteiger charge is -2.26. The van der Waals surface area contributed by atoms with Crippen LogP contribution in [0.2, 0.25) is 0 Å². The molecule has 50 nitrogen and oxygen atoms in total. The molecule has 0 bridgehead atoms. The van der Waals surface area contributed by atoms with E-state index < -0.39 is 251 Å². The van der Waals surface area contributed by atoms with Crippen molar-refractivity contribution in [2.24, 2.45) is 57.5 Å². The van der Waals surface area contributed by atoms with Gasteiger partial charge in [-0.05, 0) is 276 Å². The van der Waals surface area contributed by atoms with Crippen LogP contribution in [0.4, 0.5) is 0 Å². The summed E-state index contributed by atoms with van der Waals surface area (Å²) in [7, 11) is 0. The number of carbonyl (C=O) groups excluding carboxylic acids is 21. The number of carbonyl (C=O) groups is 21. The average Bonchev–Trinajstić information content (AvgIpc) is 0.873. The maximum atomic E-state index is 14.2. The van der Waals surface area contributed by atoms with Crippen molar-refractivity contribution >= 4 is 124 Å². The molecule has 0 aromatic rings. The first kappa shape index (κ1) is 125. The summed E-state index contributed by atoms with van der Waals surface area (Å²) in [6.07, 6.45) is 5.56. The van der Waals surface area contributed by atoms with E-state index >= 15 is 0 Å². The van der Waals surface area contributed by atoms with Crippen molar-refractivity contribution in [2.45, 2.75) is 359 Å². The minimum absolute atomic E-state index is 0.000204.